The van der Waals surface area contributed by atoms with E-state index in [9.17, 15) is 4.79 Å². The number of amides is 1. The third-order valence-corrected chi connectivity index (χ3v) is 6.56. The molecular formula is C21H26N2O2S. The minimum absolute atomic E-state index is 0.103. The maximum atomic E-state index is 12.7. The van der Waals surface area contributed by atoms with Crippen LogP contribution < -0.4 is 4.74 Å². The van der Waals surface area contributed by atoms with Gasteiger partial charge in [-0.2, -0.15) is 0 Å². The molecule has 0 saturated carbocycles. The van der Waals surface area contributed by atoms with Crippen LogP contribution in [0.5, 0.6) is 5.75 Å². The number of fused-ring (bicyclic) bond motifs is 1. The first-order valence-corrected chi connectivity index (χ1v) is 10.4. The predicted octanol–water partition coefficient (Wildman–Crippen LogP) is 3.56. The van der Waals surface area contributed by atoms with Gasteiger partial charge in [0.05, 0.1) is 0 Å². The third-order valence-electron chi connectivity index (χ3n) is 5.53. The molecule has 2 aliphatic rings. The molecule has 4 nitrogen and oxygen atoms in total. The minimum Gasteiger partial charge on any atom is -0.481 e. The Balaban J connectivity index is 1.29. The largest absolute Gasteiger partial charge is 0.481 e. The lowest BCUT2D eigenvalue weighted by Crippen LogP contribution is -2.50. The van der Waals surface area contributed by atoms with E-state index in [1.807, 2.05) is 53.5 Å². The highest BCUT2D eigenvalue weighted by Crippen LogP contribution is 2.28. The molecule has 2 aliphatic heterocycles. The molecule has 138 valence electrons. The van der Waals surface area contributed by atoms with E-state index in [2.05, 4.69) is 16.3 Å². The molecule has 1 aromatic carbocycles. The van der Waals surface area contributed by atoms with Gasteiger partial charge in [-0.1, -0.05) is 18.2 Å². The van der Waals surface area contributed by atoms with Crippen LogP contribution in [0.25, 0.3) is 0 Å². The second kappa shape index (κ2) is 7.80. The average Bonchev–Trinajstić information content (AvgIpc) is 3.16. The van der Waals surface area contributed by atoms with Crippen molar-refractivity contribution >= 4 is 17.2 Å². The van der Waals surface area contributed by atoms with Gasteiger partial charge in [0.2, 0.25) is 0 Å². The second-order valence-corrected chi connectivity index (χ2v) is 8.22. The molecule has 1 aromatic heterocycles. The lowest BCUT2D eigenvalue weighted by Gasteiger charge is -2.40. The number of hydrogen-bond donors (Lipinski definition) is 0. The summed E-state index contributed by atoms with van der Waals surface area (Å²) in [6, 6.07) is 12.5. The number of rotatable bonds is 4. The number of piperidine rings is 1. The van der Waals surface area contributed by atoms with Crippen LogP contribution >= 0.6 is 11.3 Å². The molecule has 1 fully saturated rings. The van der Waals surface area contributed by atoms with Crippen LogP contribution in [-0.4, -0.2) is 47.5 Å². The molecule has 4 rings (SSSR count). The molecule has 0 aliphatic carbocycles. The summed E-state index contributed by atoms with van der Waals surface area (Å²) in [5.41, 5.74) is 1.50. The second-order valence-electron chi connectivity index (χ2n) is 7.22. The number of likely N-dealkylation sites (tertiary alicyclic amines) is 1. The molecule has 1 atom stereocenters. The highest BCUT2D eigenvalue weighted by molar-refractivity contribution is 7.10. The number of ether oxygens (including phenoxy) is 1. The summed E-state index contributed by atoms with van der Waals surface area (Å²) in [5.74, 6) is 0.856. The normalized spacial score (nSPS) is 19.8. The molecule has 0 spiro atoms. The summed E-state index contributed by atoms with van der Waals surface area (Å²) in [7, 11) is 0. The van der Waals surface area contributed by atoms with Crippen molar-refractivity contribution in [2.45, 2.75) is 44.9 Å². The Bertz CT molecular complexity index is 737. The molecule has 5 heteroatoms. The maximum Gasteiger partial charge on any atom is 0.263 e. The van der Waals surface area contributed by atoms with Gasteiger partial charge in [0.1, 0.15) is 5.75 Å². The number of carbonyl (C=O) groups excluding carboxylic acids is 1. The standard InChI is InChI=1S/C21H26N2O2S/c1-16(25-19-5-3-2-4-6-19)21(24)22-11-7-18(8-12-22)23-13-9-20-17(15-23)10-14-26-20/h2-6,10,14,16,18H,7-9,11-13,15H2,1H3. The lowest BCUT2D eigenvalue weighted by atomic mass is 9.99. The Hall–Kier alpha value is -1.85. The van der Waals surface area contributed by atoms with Crippen LogP contribution in [0, 0.1) is 0 Å². The molecule has 1 unspecified atom stereocenters. The van der Waals surface area contributed by atoms with E-state index in [1.165, 1.54) is 12.0 Å². The smallest absolute Gasteiger partial charge is 0.263 e. The fraction of sp³-hybridized carbons (Fsp3) is 0.476. The van der Waals surface area contributed by atoms with Crippen molar-refractivity contribution in [3.8, 4) is 5.75 Å². The molecule has 0 radical (unpaired) electrons. The molecule has 2 aromatic rings. The highest BCUT2D eigenvalue weighted by Gasteiger charge is 2.31. The summed E-state index contributed by atoms with van der Waals surface area (Å²) in [6.07, 6.45) is 2.86. The minimum atomic E-state index is -0.433. The monoisotopic (exact) mass is 370 g/mol. The summed E-state index contributed by atoms with van der Waals surface area (Å²) in [4.78, 5) is 18.8. The van der Waals surface area contributed by atoms with Crippen LogP contribution in [0.4, 0.5) is 0 Å². The number of thiophene rings is 1. The van der Waals surface area contributed by atoms with Gasteiger partial charge >= 0.3 is 0 Å². The van der Waals surface area contributed by atoms with Crippen molar-refractivity contribution in [3.63, 3.8) is 0 Å². The number of benzene rings is 1. The zero-order valence-electron chi connectivity index (χ0n) is 15.3. The Labute approximate surface area is 159 Å². The van der Waals surface area contributed by atoms with Crippen molar-refractivity contribution in [3.05, 3.63) is 52.2 Å². The van der Waals surface area contributed by atoms with Gasteiger partial charge in [-0.3, -0.25) is 9.69 Å². The van der Waals surface area contributed by atoms with Gasteiger partial charge in [-0.15, -0.1) is 11.3 Å². The Kier molecular flexibility index (Phi) is 5.27. The van der Waals surface area contributed by atoms with Crippen LogP contribution in [0.3, 0.4) is 0 Å². The summed E-state index contributed by atoms with van der Waals surface area (Å²) >= 11 is 1.89. The lowest BCUT2D eigenvalue weighted by molar-refractivity contribution is -0.139. The highest BCUT2D eigenvalue weighted by atomic mass is 32.1. The van der Waals surface area contributed by atoms with Gasteiger partial charge in [0.25, 0.3) is 5.91 Å². The molecule has 1 saturated heterocycles. The van der Waals surface area contributed by atoms with Crippen molar-refractivity contribution in [2.75, 3.05) is 19.6 Å². The van der Waals surface area contributed by atoms with E-state index in [1.54, 1.807) is 4.88 Å². The van der Waals surface area contributed by atoms with Crippen LogP contribution in [0.15, 0.2) is 41.8 Å². The van der Waals surface area contributed by atoms with E-state index in [-0.39, 0.29) is 5.91 Å². The van der Waals surface area contributed by atoms with Gasteiger partial charge in [0, 0.05) is 37.1 Å². The van der Waals surface area contributed by atoms with E-state index in [0.29, 0.717) is 6.04 Å². The van der Waals surface area contributed by atoms with E-state index < -0.39 is 6.10 Å². The first-order chi connectivity index (χ1) is 12.7. The number of para-hydroxylation sites is 1. The van der Waals surface area contributed by atoms with Crippen molar-refractivity contribution < 1.29 is 9.53 Å². The van der Waals surface area contributed by atoms with E-state index in [0.717, 1.165) is 44.8 Å². The van der Waals surface area contributed by atoms with Crippen LogP contribution in [0.2, 0.25) is 0 Å². The fourth-order valence-corrected chi connectivity index (χ4v) is 4.93. The van der Waals surface area contributed by atoms with Gasteiger partial charge < -0.3 is 9.64 Å². The number of carbonyl (C=O) groups is 1. The third kappa shape index (κ3) is 3.79. The topological polar surface area (TPSA) is 32.8 Å². The predicted molar refractivity (Wildman–Crippen MR) is 105 cm³/mol. The zero-order valence-corrected chi connectivity index (χ0v) is 16.1. The Morgan fingerprint density at radius 2 is 1.92 bits per heavy atom. The van der Waals surface area contributed by atoms with E-state index in [4.69, 9.17) is 4.74 Å². The van der Waals surface area contributed by atoms with Gasteiger partial charge in [-0.05, 0) is 55.3 Å². The Morgan fingerprint density at radius 3 is 2.69 bits per heavy atom. The van der Waals surface area contributed by atoms with Crippen LogP contribution in [-0.2, 0) is 17.8 Å². The number of hydrogen-bond acceptors (Lipinski definition) is 4. The summed E-state index contributed by atoms with van der Waals surface area (Å²) in [6.45, 7) is 5.74. The zero-order chi connectivity index (χ0) is 17.9. The molecule has 0 bridgehead atoms. The van der Waals surface area contributed by atoms with Gasteiger partial charge in [0.15, 0.2) is 6.10 Å². The first kappa shape index (κ1) is 17.6. The Morgan fingerprint density at radius 1 is 1.15 bits per heavy atom. The first-order valence-electron chi connectivity index (χ1n) is 9.50. The number of nitrogens with zero attached hydrogens (tertiary/aromatic N) is 2. The van der Waals surface area contributed by atoms with Crippen LogP contribution in [0.1, 0.15) is 30.2 Å². The van der Waals surface area contributed by atoms with Crippen molar-refractivity contribution in [1.29, 1.82) is 0 Å². The summed E-state index contributed by atoms with van der Waals surface area (Å²) in [5, 5.41) is 2.21. The molecule has 26 heavy (non-hydrogen) atoms. The van der Waals surface area contributed by atoms with E-state index >= 15 is 0 Å². The molecular weight excluding hydrogens is 344 g/mol. The molecule has 0 N–H and O–H groups in total. The fourth-order valence-electron chi connectivity index (χ4n) is 4.04. The van der Waals surface area contributed by atoms with Crippen molar-refractivity contribution in [2.24, 2.45) is 0 Å². The quantitative estimate of drug-likeness (QED) is 0.825. The SMILES string of the molecule is CC(Oc1ccccc1)C(=O)N1CCC(N2CCc3sccc3C2)CC1. The molecule has 3 heterocycles. The van der Waals surface area contributed by atoms with Gasteiger partial charge in [-0.25, -0.2) is 0 Å². The maximum absolute atomic E-state index is 12.7. The molecule has 1 amide bonds. The average molecular weight is 371 g/mol. The van der Waals surface area contributed by atoms with Crippen molar-refractivity contribution in [1.82, 2.24) is 9.80 Å². The summed E-state index contributed by atoms with van der Waals surface area (Å²) < 4.78 is 5.80.